The number of fused-ring (bicyclic) bond motifs is 2. The summed E-state index contributed by atoms with van der Waals surface area (Å²) in [5.74, 6) is 1.96. The van der Waals surface area contributed by atoms with Gasteiger partial charge in [0.25, 0.3) is 5.82 Å². The van der Waals surface area contributed by atoms with Crippen molar-refractivity contribution >= 4 is 23.7 Å². The highest BCUT2D eigenvalue weighted by Crippen LogP contribution is 2.43. The monoisotopic (exact) mass is 379 g/mol. The number of aromatic nitrogens is 4. The minimum Gasteiger partial charge on any atom is -0.339 e. The molecular formula is C20H23N6O2+. The molecule has 2 aromatic rings. The number of carbonyl (C=O) groups excluding carboxylic acids is 2. The van der Waals surface area contributed by atoms with Gasteiger partial charge >= 0.3 is 5.91 Å². The quantitative estimate of drug-likeness (QED) is 0.808. The molecule has 2 atom stereocenters. The Hall–Kier alpha value is -3.03. The van der Waals surface area contributed by atoms with E-state index >= 15 is 0 Å². The van der Waals surface area contributed by atoms with Gasteiger partial charge in [0, 0.05) is 36.5 Å². The molecule has 2 aromatic heterocycles. The zero-order chi connectivity index (χ0) is 19.1. The third-order valence-corrected chi connectivity index (χ3v) is 6.20. The van der Waals surface area contributed by atoms with Crippen LogP contribution in [0.25, 0.3) is 6.08 Å². The van der Waals surface area contributed by atoms with Crippen molar-refractivity contribution in [3.05, 3.63) is 41.9 Å². The predicted octanol–water partition coefficient (Wildman–Crippen LogP) is 1.10. The summed E-state index contributed by atoms with van der Waals surface area (Å²) in [4.78, 5) is 29.1. The Morgan fingerprint density at radius 1 is 1.25 bits per heavy atom. The normalized spacial score (nSPS) is 26.4. The third kappa shape index (κ3) is 3.19. The van der Waals surface area contributed by atoms with Crippen molar-refractivity contribution in [1.82, 2.24) is 19.9 Å². The Morgan fingerprint density at radius 3 is 2.82 bits per heavy atom. The summed E-state index contributed by atoms with van der Waals surface area (Å²) in [6.07, 6.45) is 12.3. The smallest absolute Gasteiger partial charge is 0.307 e. The summed E-state index contributed by atoms with van der Waals surface area (Å²) in [5, 5.41) is 10.9. The van der Waals surface area contributed by atoms with Gasteiger partial charge in [0.15, 0.2) is 0 Å². The molecule has 1 saturated heterocycles. The lowest BCUT2D eigenvalue weighted by Crippen LogP contribution is -2.28. The van der Waals surface area contributed by atoms with E-state index in [1.165, 1.54) is 0 Å². The van der Waals surface area contributed by atoms with Crippen LogP contribution in [-0.4, -0.2) is 44.8 Å². The van der Waals surface area contributed by atoms with Crippen molar-refractivity contribution in [2.45, 2.75) is 31.7 Å². The standard InChI is InChI=1S/C20H22N6O2/c27-18-3-2-14-7-13(10-21-20(14)23-18)1-4-19(28)25-11-15-8-17(9-16(15)12-25)26-6-5-22-24-26/h1,4-7,10,15-17H,2-3,8-9,11-12H2,(H,21,23,27)/p+1/b4-1+. The van der Waals surface area contributed by atoms with E-state index in [-0.39, 0.29) is 11.8 Å². The van der Waals surface area contributed by atoms with Crippen molar-refractivity contribution in [3.8, 4) is 0 Å². The van der Waals surface area contributed by atoms with E-state index in [2.05, 4.69) is 20.6 Å². The minimum atomic E-state index is 0.0351. The molecule has 0 spiro atoms. The molecule has 28 heavy (non-hydrogen) atoms. The topological polar surface area (TPSA) is 94.3 Å². The van der Waals surface area contributed by atoms with E-state index in [0.717, 1.165) is 49.3 Å². The molecule has 3 aliphatic rings. The van der Waals surface area contributed by atoms with Crippen molar-refractivity contribution in [3.63, 3.8) is 0 Å². The Kier molecular flexibility index (Phi) is 4.18. The molecule has 0 bridgehead atoms. The number of anilines is 1. The number of aryl methyl sites for hydroxylation is 1. The van der Waals surface area contributed by atoms with Gasteiger partial charge in [-0.25, -0.2) is 19.8 Å². The minimum absolute atomic E-state index is 0.0351. The lowest BCUT2D eigenvalue weighted by molar-refractivity contribution is -0.361. The fourth-order valence-corrected chi connectivity index (χ4v) is 4.77. The number of nitrogens with zero attached hydrogens (tertiary/aromatic N) is 4. The fraction of sp³-hybridized carbons (Fsp3) is 0.450. The first-order valence-electron chi connectivity index (χ1n) is 9.83. The number of pyridine rings is 1. The van der Waals surface area contributed by atoms with E-state index in [9.17, 15) is 9.59 Å². The molecule has 5 rings (SSSR count). The molecular weight excluding hydrogens is 356 g/mol. The van der Waals surface area contributed by atoms with Crippen LogP contribution in [0.4, 0.5) is 5.82 Å². The van der Waals surface area contributed by atoms with Gasteiger partial charge < -0.3 is 4.90 Å². The van der Waals surface area contributed by atoms with E-state index in [0.29, 0.717) is 24.3 Å². The Bertz CT molecular complexity index is 924. The lowest BCUT2D eigenvalue weighted by atomic mass is 10.0. The molecule has 0 aromatic carbocycles. The lowest BCUT2D eigenvalue weighted by Gasteiger charge is -2.17. The van der Waals surface area contributed by atoms with E-state index in [1.807, 2.05) is 34.1 Å². The molecule has 1 aliphatic carbocycles. The molecule has 2 fully saturated rings. The van der Waals surface area contributed by atoms with E-state index < -0.39 is 0 Å². The molecule has 1 saturated carbocycles. The van der Waals surface area contributed by atoms with Crippen LogP contribution >= 0.6 is 0 Å². The highest BCUT2D eigenvalue weighted by molar-refractivity contribution is 5.93. The first-order valence-corrected chi connectivity index (χ1v) is 9.83. The molecule has 2 unspecified atom stereocenters. The van der Waals surface area contributed by atoms with Gasteiger partial charge in [0.1, 0.15) is 0 Å². The first-order chi connectivity index (χ1) is 13.7. The highest BCUT2D eigenvalue weighted by Gasteiger charge is 2.42. The molecule has 2 amide bonds. The summed E-state index contributed by atoms with van der Waals surface area (Å²) in [7, 11) is 0. The summed E-state index contributed by atoms with van der Waals surface area (Å²) >= 11 is 0. The van der Waals surface area contributed by atoms with Crippen LogP contribution in [0.15, 0.2) is 30.7 Å². The van der Waals surface area contributed by atoms with Crippen LogP contribution < -0.4 is 10.3 Å². The van der Waals surface area contributed by atoms with Crippen molar-refractivity contribution in [2.24, 2.45) is 11.8 Å². The fourth-order valence-electron chi connectivity index (χ4n) is 4.77. The summed E-state index contributed by atoms with van der Waals surface area (Å²) in [6.45, 7) is 1.64. The number of carbonyl (C=O) groups is 2. The van der Waals surface area contributed by atoms with E-state index in [1.54, 1.807) is 12.3 Å². The largest absolute Gasteiger partial charge is 0.339 e. The number of aromatic amines is 1. The maximum Gasteiger partial charge on any atom is 0.307 e. The van der Waals surface area contributed by atoms with Crippen LogP contribution in [0, 0.1) is 11.8 Å². The third-order valence-electron chi connectivity index (χ3n) is 6.20. The van der Waals surface area contributed by atoms with E-state index in [4.69, 9.17) is 0 Å². The van der Waals surface area contributed by atoms with Gasteiger partial charge in [-0.15, -0.1) is 5.10 Å². The van der Waals surface area contributed by atoms with Gasteiger partial charge in [-0.1, -0.05) is 5.21 Å². The maximum absolute atomic E-state index is 12.6. The predicted molar refractivity (Wildman–Crippen MR) is 101 cm³/mol. The maximum atomic E-state index is 12.6. The zero-order valence-electron chi connectivity index (χ0n) is 15.5. The Morgan fingerprint density at radius 2 is 2.07 bits per heavy atom. The second-order valence-electron chi connectivity index (χ2n) is 7.99. The number of likely N-dealkylation sites (tertiary alicyclic amines) is 1. The molecule has 144 valence electrons. The number of rotatable bonds is 3. The van der Waals surface area contributed by atoms with Crippen LogP contribution in [0.5, 0.6) is 0 Å². The second-order valence-corrected chi connectivity index (χ2v) is 7.99. The van der Waals surface area contributed by atoms with Gasteiger partial charge in [0.2, 0.25) is 5.91 Å². The molecule has 2 N–H and O–H groups in total. The highest BCUT2D eigenvalue weighted by atomic mass is 16.2. The summed E-state index contributed by atoms with van der Waals surface area (Å²) < 4.78 is 1.96. The zero-order valence-corrected chi connectivity index (χ0v) is 15.5. The molecule has 8 nitrogen and oxygen atoms in total. The van der Waals surface area contributed by atoms with Crippen molar-refractivity contribution < 1.29 is 14.6 Å². The van der Waals surface area contributed by atoms with Gasteiger partial charge in [-0.2, -0.15) is 0 Å². The average Bonchev–Trinajstić information content (AvgIpc) is 3.41. The second kappa shape index (κ2) is 6.85. The van der Waals surface area contributed by atoms with Crippen LogP contribution in [-0.2, 0) is 16.0 Å². The molecule has 8 heteroatoms. The number of nitrogens with one attached hydrogen (secondary N) is 2. The Balaban J connectivity index is 1.20. The van der Waals surface area contributed by atoms with Gasteiger partial charge in [-0.05, 0) is 43.2 Å². The van der Waals surface area contributed by atoms with Crippen molar-refractivity contribution in [2.75, 3.05) is 18.4 Å². The van der Waals surface area contributed by atoms with Gasteiger partial charge in [-0.3, -0.25) is 4.79 Å². The van der Waals surface area contributed by atoms with Gasteiger partial charge in [0.05, 0.1) is 24.9 Å². The molecule has 4 heterocycles. The number of hydrogen-bond acceptors (Lipinski definition) is 4. The number of H-pyrrole nitrogens is 1. The number of hydrogen-bond donors (Lipinski definition) is 1. The average molecular weight is 379 g/mol. The van der Waals surface area contributed by atoms with Crippen LogP contribution in [0.2, 0.25) is 0 Å². The molecule has 0 radical (unpaired) electrons. The first kappa shape index (κ1) is 17.1. The summed E-state index contributed by atoms with van der Waals surface area (Å²) in [6, 6.07) is 2.44. The van der Waals surface area contributed by atoms with Crippen LogP contribution in [0.3, 0.4) is 0 Å². The Labute approximate surface area is 162 Å². The molecule has 2 aliphatic heterocycles. The summed E-state index contributed by atoms with van der Waals surface area (Å²) in [5.41, 5.74) is 2.01. The van der Waals surface area contributed by atoms with Crippen LogP contribution in [0.1, 0.15) is 36.4 Å². The number of amides is 2. The van der Waals surface area contributed by atoms with Crippen molar-refractivity contribution in [1.29, 1.82) is 0 Å². The SMILES string of the molecule is O=C1CCc2cc(/C=C/C(=O)N3CC4CC(n5ccnn5)CC4C3)c[nH+]c2N1.